The number of pyridine rings is 1. The number of thiophene rings is 1. The Hall–Kier alpha value is -2.32. The van der Waals surface area contributed by atoms with Gasteiger partial charge < -0.3 is 0 Å². The molecule has 148 valence electrons. The summed E-state index contributed by atoms with van der Waals surface area (Å²) in [5.74, 6) is -0.164. The molecule has 5 rings (SSSR count). The monoisotopic (exact) mass is 513 g/mol. The van der Waals surface area contributed by atoms with Gasteiger partial charge in [-0.1, -0.05) is 63.1 Å². The zero-order chi connectivity index (χ0) is 20.7. The Bertz CT molecular complexity index is 1380. The first kappa shape index (κ1) is 19.6. The maximum Gasteiger partial charge on any atom is 0.272 e. The van der Waals surface area contributed by atoms with Crippen LogP contribution in [0.2, 0.25) is 5.02 Å². The molecule has 0 saturated heterocycles. The van der Waals surface area contributed by atoms with Gasteiger partial charge in [-0.15, -0.1) is 11.3 Å². The molecule has 0 aliphatic carbocycles. The van der Waals surface area contributed by atoms with Gasteiger partial charge in [-0.2, -0.15) is 0 Å². The van der Waals surface area contributed by atoms with Crippen LogP contribution in [-0.4, -0.2) is 15.9 Å². The summed E-state index contributed by atoms with van der Waals surface area (Å²) in [6.45, 7) is 0.359. The average Bonchev–Trinajstić information content (AvgIpc) is 3.33. The number of aromatic nitrogens is 2. The lowest BCUT2D eigenvalue weighted by Gasteiger charge is -2.19. The molecule has 0 aliphatic rings. The number of thiazole rings is 1. The molecule has 4 nitrogen and oxygen atoms in total. The van der Waals surface area contributed by atoms with Crippen LogP contribution in [0.1, 0.15) is 15.2 Å². The molecule has 0 aliphatic heterocycles. The molecule has 0 atom stereocenters. The second-order valence-electron chi connectivity index (χ2n) is 6.60. The molecule has 2 aromatic carbocycles. The summed E-state index contributed by atoms with van der Waals surface area (Å²) in [4.78, 5) is 24.8. The Labute approximate surface area is 193 Å². The van der Waals surface area contributed by atoms with Crippen molar-refractivity contribution in [3.63, 3.8) is 0 Å². The first-order valence-corrected chi connectivity index (χ1v) is 11.8. The predicted molar refractivity (Wildman–Crippen MR) is 129 cm³/mol. The fourth-order valence-corrected chi connectivity index (χ4v) is 6.15. The molecular weight excluding hydrogens is 502 g/mol. The van der Waals surface area contributed by atoms with Crippen molar-refractivity contribution in [2.24, 2.45) is 0 Å². The quantitative estimate of drug-likeness (QED) is 0.255. The molecule has 0 unspecified atom stereocenters. The smallest absolute Gasteiger partial charge is 0.272 e. The number of nitrogens with zero attached hydrogens (tertiary/aromatic N) is 3. The first-order valence-electron chi connectivity index (χ1n) is 9.04. The number of amides is 1. The largest absolute Gasteiger partial charge is 0.279 e. The van der Waals surface area contributed by atoms with Gasteiger partial charge in [0.05, 0.1) is 21.8 Å². The number of carbonyl (C=O) groups excluding carboxylic acids is 1. The van der Waals surface area contributed by atoms with Crippen molar-refractivity contribution in [1.82, 2.24) is 9.97 Å². The Morgan fingerprint density at radius 3 is 2.73 bits per heavy atom. The third kappa shape index (κ3) is 3.63. The minimum atomic E-state index is -0.164. The molecule has 30 heavy (non-hydrogen) atoms. The van der Waals surface area contributed by atoms with Crippen LogP contribution in [0.3, 0.4) is 0 Å². The molecule has 0 radical (unpaired) electrons. The molecule has 5 aromatic rings. The van der Waals surface area contributed by atoms with E-state index in [9.17, 15) is 4.79 Å². The Morgan fingerprint density at radius 2 is 1.93 bits per heavy atom. The minimum Gasteiger partial charge on any atom is -0.279 e. The fraction of sp³-hybridized carbons (Fsp3) is 0.0455. The maximum atomic E-state index is 13.7. The molecule has 0 N–H and O–H groups in total. The van der Waals surface area contributed by atoms with E-state index in [1.807, 2.05) is 54.6 Å². The Morgan fingerprint density at radius 1 is 1.07 bits per heavy atom. The van der Waals surface area contributed by atoms with E-state index in [0.717, 1.165) is 30.3 Å². The minimum absolute atomic E-state index is 0.164. The maximum absolute atomic E-state index is 13.7. The lowest BCUT2D eigenvalue weighted by molar-refractivity contribution is 0.0989. The third-order valence-corrected chi connectivity index (χ3v) is 7.81. The number of rotatable bonds is 4. The van der Waals surface area contributed by atoms with Crippen molar-refractivity contribution in [3.05, 3.63) is 86.9 Å². The van der Waals surface area contributed by atoms with Gasteiger partial charge in [-0.05, 0) is 35.9 Å². The van der Waals surface area contributed by atoms with Crippen molar-refractivity contribution >= 4 is 81.5 Å². The van der Waals surface area contributed by atoms with Crippen LogP contribution in [0.15, 0.2) is 71.5 Å². The first-order chi connectivity index (χ1) is 14.6. The van der Waals surface area contributed by atoms with Crippen LogP contribution in [-0.2, 0) is 6.54 Å². The topological polar surface area (TPSA) is 46.1 Å². The number of halogens is 2. The number of hydrogen-bond acceptors (Lipinski definition) is 5. The molecule has 1 amide bonds. The van der Waals surface area contributed by atoms with Crippen molar-refractivity contribution in [2.75, 3.05) is 4.90 Å². The van der Waals surface area contributed by atoms with Gasteiger partial charge in [0.25, 0.3) is 5.91 Å². The van der Waals surface area contributed by atoms with Crippen molar-refractivity contribution in [2.45, 2.75) is 6.54 Å². The van der Waals surface area contributed by atoms with Gasteiger partial charge in [0.2, 0.25) is 0 Å². The van der Waals surface area contributed by atoms with E-state index in [1.54, 1.807) is 17.3 Å². The lowest BCUT2D eigenvalue weighted by Crippen LogP contribution is -2.30. The summed E-state index contributed by atoms with van der Waals surface area (Å²) in [5.41, 5.74) is 1.77. The van der Waals surface area contributed by atoms with Gasteiger partial charge in [-0.3, -0.25) is 14.7 Å². The molecule has 0 bridgehead atoms. The van der Waals surface area contributed by atoms with E-state index in [0.29, 0.717) is 21.6 Å². The molecular formula is C22H13BrClN3OS2. The number of fused-ring (bicyclic) bond motifs is 2. The highest BCUT2D eigenvalue weighted by Gasteiger charge is 2.26. The number of anilines is 1. The number of carbonyl (C=O) groups is 1. The third-order valence-electron chi connectivity index (χ3n) is 4.61. The highest BCUT2D eigenvalue weighted by atomic mass is 79.9. The van der Waals surface area contributed by atoms with E-state index in [2.05, 4.69) is 20.9 Å². The van der Waals surface area contributed by atoms with Crippen molar-refractivity contribution in [3.8, 4) is 0 Å². The highest BCUT2D eigenvalue weighted by Crippen LogP contribution is 2.38. The second kappa shape index (κ2) is 8.07. The van der Waals surface area contributed by atoms with Crippen LogP contribution < -0.4 is 4.90 Å². The van der Waals surface area contributed by atoms with Gasteiger partial charge in [0.15, 0.2) is 5.13 Å². The van der Waals surface area contributed by atoms with Crippen LogP contribution in [0.4, 0.5) is 5.13 Å². The van der Waals surface area contributed by atoms with E-state index in [4.69, 9.17) is 16.6 Å². The summed E-state index contributed by atoms with van der Waals surface area (Å²) in [6.07, 6.45) is 3.48. The van der Waals surface area contributed by atoms with E-state index >= 15 is 0 Å². The zero-order valence-corrected chi connectivity index (χ0v) is 19.4. The standard InChI is InChI=1S/C22H13BrClN3OS2/c23-14-7-8-16-18(10-14)30-22(26-16)27(12-13-4-3-9-25-11-13)21(28)20-19(24)15-5-1-2-6-17(15)29-20/h1-11H,12H2. The highest BCUT2D eigenvalue weighted by molar-refractivity contribution is 9.10. The Kier molecular flexibility index (Phi) is 5.28. The van der Waals surface area contributed by atoms with Crippen molar-refractivity contribution in [1.29, 1.82) is 0 Å². The van der Waals surface area contributed by atoms with E-state index in [1.165, 1.54) is 22.7 Å². The predicted octanol–water partition coefficient (Wildman–Crippen LogP) is 7.17. The van der Waals surface area contributed by atoms with Crippen LogP contribution in [0.5, 0.6) is 0 Å². The molecule has 8 heteroatoms. The molecule has 0 fully saturated rings. The number of hydrogen-bond donors (Lipinski definition) is 0. The molecule has 0 saturated carbocycles. The van der Waals surface area contributed by atoms with Crippen LogP contribution >= 0.6 is 50.2 Å². The van der Waals surface area contributed by atoms with Crippen molar-refractivity contribution < 1.29 is 4.79 Å². The SMILES string of the molecule is O=C(c1sc2ccccc2c1Cl)N(Cc1cccnc1)c1nc2ccc(Br)cc2s1. The van der Waals surface area contributed by atoms with Gasteiger partial charge >= 0.3 is 0 Å². The van der Waals surface area contributed by atoms with Gasteiger partial charge in [0.1, 0.15) is 4.88 Å². The lowest BCUT2D eigenvalue weighted by atomic mass is 10.2. The molecule has 3 aromatic heterocycles. The molecule has 0 spiro atoms. The summed E-state index contributed by atoms with van der Waals surface area (Å²) in [6, 6.07) is 17.5. The number of benzene rings is 2. The van der Waals surface area contributed by atoms with Crippen LogP contribution in [0.25, 0.3) is 20.3 Å². The normalized spacial score (nSPS) is 11.3. The molecule has 3 heterocycles. The fourth-order valence-electron chi connectivity index (χ4n) is 3.18. The average molecular weight is 515 g/mol. The second-order valence-corrected chi connectivity index (χ2v) is 9.96. The van der Waals surface area contributed by atoms with Crippen LogP contribution in [0, 0.1) is 0 Å². The summed E-state index contributed by atoms with van der Waals surface area (Å²) >= 11 is 13.0. The summed E-state index contributed by atoms with van der Waals surface area (Å²) in [5, 5.41) is 2.01. The Balaban J connectivity index is 1.62. The van der Waals surface area contributed by atoms with Gasteiger partial charge in [-0.25, -0.2) is 4.98 Å². The van der Waals surface area contributed by atoms with Gasteiger partial charge in [0, 0.05) is 27.0 Å². The summed E-state index contributed by atoms with van der Waals surface area (Å²) in [7, 11) is 0. The summed E-state index contributed by atoms with van der Waals surface area (Å²) < 4.78 is 2.97. The van der Waals surface area contributed by atoms with E-state index < -0.39 is 0 Å². The zero-order valence-electron chi connectivity index (χ0n) is 15.4. The van der Waals surface area contributed by atoms with E-state index in [-0.39, 0.29) is 5.91 Å².